The molecule has 10 heteroatoms. The van der Waals surface area contributed by atoms with Crippen molar-refractivity contribution in [1.82, 2.24) is 24.4 Å². The molecule has 0 bridgehead atoms. The van der Waals surface area contributed by atoms with E-state index < -0.39 is 0 Å². The summed E-state index contributed by atoms with van der Waals surface area (Å²) in [6.07, 6.45) is 11.0. The van der Waals surface area contributed by atoms with E-state index in [2.05, 4.69) is 54.4 Å². The molecular formula is C24H29BrN6O2S. The van der Waals surface area contributed by atoms with E-state index in [1.165, 1.54) is 32.0 Å². The molecule has 0 aliphatic carbocycles. The van der Waals surface area contributed by atoms with Crippen LogP contribution in [0, 0.1) is 5.92 Å². The largest absolute Gasteiger partial charge is 0.454 e. The highest BCUT2D eigenvalue weighted by Crippen LogP contribution is 2.43. The maximum atomic E-state index is 6.26. The van der Waals surface area contributed by atoms with Crippen molar-refractivity contribution in [3.63, 3.8) is 0 Å². The first-order valence-electron chi connectivity index (χ1n) is 11.7. The Balaban J connectivity index is 1.34. The lowest BCUT2D eigenvalue weighted by Gasteiger charge is -2.30. The van der Waals surface area contributed by atoms with Crippen LogP contribution >= 0.6 is 27.7 Å². The number of halogens is 1. The summed E-state index contributed by atoms with van der Waals surface area (Å²) in [6.45, 7) is 6.38. The minimum absolute atomic E-state index is 0.242. The summed E-state index contributed by atoms with van der Waals surface area (Å²) in [5.41, 5.74) is 7.67. The minimum Gasteiger partial charge on any atom is -0.454 e. The normalized spacial score (nSPS) is 16.8. The van der Waals surface area contributed by atoms with Crippen LogP contribution in [0.5, 0.6) is 11.5 Å². The van der Waals surface area contributed by atoms with Gasteiger partial charge in [0.05, 0.1) is 0 Å². The number of likely N-dealkylation sites (tertiary alicyclic amines) is 1. The zero-order chi connectivity index (χ0) is 23.5. The number of fused-ring (bicyclic) bond motifs is 2. The number of piperidine rings is 1. The van der Waals surface area contributed by atoms with Crippen molar-refractivity contribution < 1.29 is 9.47 Å². The van der Waals surface area contributed by atoms with Gasteiger partial charge in [-0.3, -0.25) is 0 Å². The van der Waals surface area contributed by atoms with E-state index in [0.717, 1.165) is 57.7 Å². The summed E-state index contributed by atoms with van der Waals surface area (Å²) in [5, 5.41) is 0.833. The molecule has 1 aromatic carbocycles. The zero-order valence-electron chi connectivity index (χ0n) is 19.2. The number of nitrogens with two attached hydrogens (primary N) is 1. The van der Waals surface area contributed by atoms with Crippen LogP contribution < -0.4 is 15.2 Å². The predicted octanol–water partition coefficient (Wildman–Crippen LogP) is 5.12. The van der Waals surface area contributed by atoms with E-state index in [-0.39, 0.29) is 6.79 Å². The van der Waals surface area contributed by atoms with Crippen LogP contribution in [0.4, 0.5) is 5.82 Å². The summed E-state index contributed by atoms with van der Waals surface area (Å²) in [6, 6.07) is 3.91. The quantitative estimate of drug-likeness (QED) is 0.390. The first-order valence-corrected chi connectivity index (χ1v) is 13.4. The molecule has 3 aromatic rings. The van der Waals surface area contributed by atoms with Crippen LogP contribution in [-0.4, -0.2) is 50.8 Å². The number of anilines is 1. The fraction of sp³-hybridized carbons (Fsp3) is 0.458. The Kier molecular flexibility index (Phi) is 7.26. The molecular weight excluding hydrogens is 516 g/mol. The molecule has 1 saturated heterocycles. The van der Waals surface area contributed by atoms with Crippen molar-refractivity contribution in [3.05, 3.63) is 35.1 Å². The van der Waals surface area contributed by atoms with Gasteiger partial charge in [-0.25, -0.2) is 15.0 Å². The molecule has 0 atom stereocenters. The van der Waals surface area contributed by atoms with Gasteiger partial charge >= 0.3 is 0 Å². The molecule has 0 saturated carbocycles. The fourth-order valence-electron chi connectivity index (χ4n) is 4.40. The SMILES string of the molecule is CCC/C=C/C1CCN(CCn2c(Sc3cc4c(cc3Br)OCO4)nc3ncnc(N)c32)CC1. The van der Waals surface area contributed by atoms with Gasteiger partial charge in [-0.15, -0.1) is 0 Å². The minimum atomic E-state index is 0.242. The molecule has 34 heavy (non-hydrogen) atoms. The molecule has 0 unspecified atom stereocenters. The molecule has 0 spiro atoms. The van der Waals surface area contributed by atoms with E-state index >= 15 is 0 Å². The number of ether oxygens (including phenoxy) is 2. The lowest BCUT2D eigenvalue weighted by molar-refractivity contribution is 0.174. The lowest BCUT2D eigenvalue weighted by Crippen LogP contribution is -2.35. The number of hydrogen-bond donors (Lipinski definition) is 1. The molecule has 0 radical (unpaired) electrons. The van der Waals surface area contributed by atoms with Crippen molar-refractivity contribution in [1.29, 1.82) is 0 Å². The summed E-state index contributed by atoms with van der Waals surface area (Å²) in [5.74, 6) is 2.64. The Hall–Kier alpha value is -2.30. The zero-order valence-corrected chi connectivity index (χ0v) is 21.6. The van der Waals surface area contributed by atoms with Gasteiger partial charge < -0.3 is 24.7 Å². The van der Waals surface area contributed by atoms with Crippen molar-refractivity contribution in [3.8, 4) is 11.5 Å². The van der Waals surface area contributed by atoms with E-state index in [4.69, 9.17) is 20.2 Å². The summed E-state index contributed by atoms with van der Waals surface area (Å²) >= 11 is 5.22. The monoisotopic (exact) mass is 544 g/mol. The van der Waals surface area contributed by atoms with Crippen LogP contribution in [0.1, 0.15) is 32.6 Å². The van der Waals surface area contributed by atoms with Crippen molar-refractivity contribution >= 4 is 44.7 Å². The molecule has 2 aliphatic heterocycles. The fourth-order valence-corrected chi connectivity index (χ4v) is 5.91. The third kappa shape index (κ3) is 5.04. The van der Waals surface area contributed by atoms with Crippen molar-refractivity contribution in [2.45, 2.75) is 49.2 Å². The topological polar surface area (TPSA) is 91.3 Å². The van der Waals surface area contributed by atoms with E-state index in [1.54, 1.807) is 11.8 Å². The second kappa shape index (κ2) is 10.5. The highest BCUT2D eigenvalue weighted by molar-refractivity contribution is 9.10. The van der Waals surface area contributed by atoms with Gasteiger partial charge in [0.25, 0.3) is 0 Å². The third-order valence-corrected chi connectivity index (χ3v) is 8.27. The van der Waals surface area contributed by atoms with Gasteiger partial charge in [0, 0.05) is 22.5 Å². The Morgan fingerprint density at radius 1 is 1.18 bits per heavy atom. The smallest absolute Gasteiger partial charge is 0.231 e. The van der Waals surface area contributed by atoms with Crippen LogP contribution in [-0.2, 0) is 6.54 Å². The Bertz CT molecular complexity index is 1190. The van der Waals surface area contributed by atoms with Crippen LogP contribution in [0.15, 0.2) is 45.1 Å². The number of benzene rings is 1. The highest BCUT2D eigenvalue weighted by Gasteiger charge is 2.22. The number of imidazole rings is 1. The maximum Gasteiger partial charge on any atom is 0.231 e. The van der Waals surface area contributed by atoms with Gasteiger partial charge in [0.2, 0.25) is 6.79 Å². The average molecular weight is 546 g/mol. The van der Waals surface area contributed by atoms with Gasteiger partial charge in [0.1, 0.15) is 11.8 Å². The van der Waals surface area contributed by atoms with Crippen LogP contribution in [0.3, 0.4) is 0 Å². The highest BCUT2D eigenvalue weighted by atomic mass is 79.9. The van der Waals surface area contributed by atoms with Crippen LogP contribution in [0.2, 0.25) is 0 Å². The number of nitrogen functional groups attached to an aromatic ring is 1. The van der Waals surface area contributed by atoms with Gasteiger partial charge in [-0.2, -0.15) is 0 Å². The van der Waals surface area contributed by atoms with E-state index in [0.29, 0.717) is 17.4 Å². The Morgan fingerprint density at radius 3 is 2.76 bits per heavy atom. The molecule has 1 fully saturated rings. The molecule has 0 amide bonds. The molecule has 5 rings (SSSR count). The van der Waals surface area contributed by atoms with Gasteiger partial charge in [-0.1, -0.05) is 37.3 Å². The first kappa shape index (κ1) is 23.4. The molecule has 8 nitrogen and oxygen atoms in total. The maximum absolute atomic E-state index is 6.26. The van der Waals surface area contributed by atoms with E-state index in [9.17, 15) is 0 Å². The first-order chi connectivity index (χ1) is 16.6. The standard InChI is InChI=1S/C24H29BrN6O2S/c1-2-3-4-5-16-6-8-30(9-7-16)10-11-31-21-22(26)27-14-28-23(21)29-24(31)34-20-13-19-18(12-17(20)25)32-15-33-19/h4-5,12-14,16H,2-3,6-11,15H2,1H3,(H2,26,27,28)/b5-4+. The second-order valence-corrected chi connectivity index (χ2v) is 10.5. The second-order valence-electron chi connectivity index (χ2n) is 8.61. The number of unbranched alkanes of at least 4 members (excludes halogenated alkanes) is 1. The molecule has 4 heterocycles. The molecule has 2 aromatic heterocycles. The van der Waals surface area contributed by atoms with Crippen LogP contribution in [0.25, 0.3) is 11.2 Å². The average Bonchev–Trinajstić information content (AvgIpc) is 3.43. The number of nitrogens with zero attached hydrogens (tertiary/aromatic N) is 5. The predicted molar refractivity (Wildman–Crippen MR) is 137 cm³/mol. The van der Waals surface area contributed by atoms with E-state index in [1.807, 2.05) is 12.1 Å². The Labute approximate surface area is 212 Å². The molecule has 2 N–H and O–H groups in total. The number of rotatable bonds is 8. The molecule has 180 valence electrons. The molecule has 2 aliphatic rings. The van der Waals surface area contributed by atoms with Crippen molar-refractivity contribution in [2.24, 2.45) is 5.92 Å². The van der Waals surface area contributed by atoms with Crippen molar-refractivity contribution in [2.75, 3.05) is 32.2 Å². The Morgan fingerprint density at radius 2 is 1.97 bits per heavy atom. The van der Waals surface area contributed by atoms with Gasteiger partial charge in [0.15, 0.2) is 28.1 Å². The third-order valence-electron chi connectivity index (χ3n) is 6.30. The summed E-state index contributed by atoms with van der Waals surface area (Å²) in [4.78, 5) is 16.9. The summed E-state index contributed by atoms with van der Waals surface area (Å²) < 4.78 is 14.1. The number of aromatic nitrogens is 4. The number of hydrogen-bond acceptors (Lipinski definition) is 8. The lowest BCUT2D eigenvalue weighted by atomic mass is 9.96. The van der Waals surface area contributed by atoms with Gasteiger partial charge in [-0.05, 0) is 66.3 Å². The number of allylic oxidation sites excluding steroid dienone is 2. The summed E-state index contributed by atoms with van der Waals surface area (Å²) in [7, 11) is 0.